The maximum atomic E-state index is 13.7. The van der Waals surface area contributed by atoms with Crippen molar-refractivity contribution in [3.8, 4) is 0 Å². The fraction of sp³-hybridized carbons (Fsp3) is 0.320. The van der Waals surface area contributed by atoms with Crippen LogP contribution in [0, 0.1) is 13.8 Å². The number of anilines is 2. The molecule has 0 aromatic heterocycles. The van der Waals surface area contributed by atoms with Gasteiger partial charge in [-0.1, -0.05) is 23.8 Å². The zero-order valence-electron chi connectivity index (χ0n) is 18.9. The second kappa shape index (κ2) is 8.59. The highest BCUT2D eigenvalue weighted by atomic mass is 16.2. The number of nitrogens with zero attached hydrogens (tertiary/aromatic N) is 3. The number of likely N-dealkylation sites (N-methyl/N-ethyl adjacent to an activating group) is 1. The Balaban J connectivity index is 1.77. The number of benzene rings is 2. The summed E-state index contributed by atoms with van der Waals surface area (Å²) < 4.78 is 0. The summed E-state index contributed by atoms with van der Waals surface area (Å²) in [6.45, 7) is 8.46. The summed E-state index contributed by atoms with van der Waals surface area (Å²) in [4.78, 5) is 44.1. The quantitative estimate of drug-likeness (QED) is 0.753. The van der Waals surface area contributed by atoms with Crippen LogP contribution in [0.5, 0.6) is 0 Å². The normalized spacial score (nSPS) is 17.4. The summed E-state index contributed by atoms with van der Waals surface area (Å²) in [5, 5.41) is 2.71. The Morgan fingerprint density at radius 1 is 0.906 bits per heavy atom. The SMILES string of the molecule is CC(=O)Nc1ccc(N2C(=O)C(c3ccc(C)cc3C)=C(N3CCN(C)CC3)C2=O)cc1. The zero-order chi connectivity index (χ0) is 23.0. The molecule has 2 heterocycles. The molecule has 2 aliphatic rings. The van der Waals surface area contributed by atoms with Gasteiger partial charge < -0.3 is 15.1 Å². The summed E-state index contributed by atoms with van der Waals surface area (Å²) >= 11 is 0. The van der Waals surface area contributed by atoms with Crippen LogP contribution in [0.4, 0.5) is 11.4 Å². The van der Waals surface area contributed by atoms with Crippen LogP contribution in [0.15, 0.2) is 48.2 Å². The summed E-state index contributed by atoms with van der Waals surface area (Å²) in [5.74, 6) is -0.799. The maximum Gasteiger partial charge on any atom is 0.282 e. The zero-order valence-corrected chi connectivity index (χ0v) is 18.9. The first-order valence-corrected chi connectivity index (χ1v) is 10.8. The van der Waals surface area contributed by atoms with Gasteiger partial charge in [0.15, 0.2) is 0 Å². The van der Waals surface area contributed by atoms with Crippen LogP contribution in [-0.2, 0) is 14.4 Å². The summed E-state index contributed by atoms with van der Waals surface area (Å²) in [6.07, 6.45) is 0. The van der Waals surface area contributed by atoms with Crippen LogP contribution < -0.4 is 10.2 Å². The van der Waals surface area contributed by atoms with E-state index >= 15 is 0 Å². The molecule has 4 rings (SSSR count). The van der Waals surface area contributed by atoms with Gasteiger partial charge in [-0.25, -0.2) is 4.90 Å². The number of amides is 3. The lowest BCUT2D eigenvalue weighted by Crippen LogP contribution is -2.46. The Bertz CT molecular complexity index is 1110. The van der Waals surface area contributed by atoms with Crippen molar-refractivity contribution in [3.63, 3.8) is 0 Å². The minimum atomic E-state index is -0.317. The van der Waals surface area contributed by atoms with E-state index in [-0.39, 0.29) is 17.7 Å². The highest BCUT2D eigenvalue weighted by Gasteiger charge is 2.43. The molecule has 7 heteroatoms. The van der Waals surface area contributed by atoms with E-state index in [9.17, 15) is 14.4 Å². The average molecular weight is 433 g/mol. The average Bonchev–Trinajstić information content (AvgIpc) is 2.99. The van der Waals surface area contributed by atoms with Crippen molar-refractivity contribution in [2.75, 3.05) is 43.4 Å². The molecule has 0 unspecified atom stereocenters. The van der Waals surface area contributed by atoms with Gasteiger partial charge in [-0.15, -0.1) is 0 Å². The molecule has 1 saturated heterocycles. The van der Waals surface area contributed by atoms with Gasteiger partial charge in [0.25, 0.3) is 11.8 Å². The minimum absolute atomic E-state index is 0.178. The second-order valence-corrected chi connectivity index (χ2v) is 8.51. The van der Waals surface area contributed by atoms with Crippen LogP contribution in [0.25, 0.3) is 5.57 Å². The summed E-state index contributed by atoms with van der Waals surface area (Å²) in [6, 6.07) is 12.7. The molecular formula is C25H28N4O3. The van der Waals surface area contributed by atoms with Crippen LogP contribution in [0.2, 0.25) is 0 Å². The van der Waals surface area contributed by atoms with E-state index in [1.165, 1.54) is 11.8 Å². The number of nitrogens with one attached hydrogen (secondary N) is 1. The van der Waals surface area contributed by atoms with Crippen LogP contribution >= 0.6 is 0 Å². The van der Waals surface area contributed by atoms with Crippen LogP contribution in [-0.4, -0.2) is 60.7 Å². The Morgan fingerprint density at radius 2 is 1.56 bits per heavy atom. The molecule has 0 bridgehead atoms. The molecule has 2 aromatic rings. The van der Waals surface area contributed by atoms with E-state index < -0.39 is 0 Å². The summed E-state index contributed by atoms with van der Waals surface area (Å²) in [5.41, 5.74) is 4.90. The van der Waals surface area contributed by atoms with Gasteiger partial charge in [-0.3, -0.25) is 14.4 Å². The Hall–Kier alpha value is -3.45. The first-order valence-electron chi connectivity index (χ1n) is 10.8. The number of carbonyl (C=O) groups is 3. The number of imide groups is 1. The molecule has 3 amide bonds. The van der Waals surface area contributed by atoms with Gasteiger partial charge in [0.1, 0.15) is 5.70 Å². The maximum absolute atomic E-state index is 13.7. The number of aryl methyl sites for hydroxylation is 2. The van der Waals surface area contributed by atoms with Crippen molar-refractivity contribution in [1.82, 2.24) is 9.80 Å². The number of rotatable bonds is 4. The molecule has 0 spiro atoms. The molecule has 1 N–H and O–H groups in total. The first-order chi connectivity index (χ1) is 15.3. The van der Waals surface area contributed by atoms with Crippen molar-refractivity contribution in [2.24, 2.45) is 0 Å². The number of carbonyl (C=O) groups excluding carboxylic acids is 3. The summed E-state index contributed by atoms with van der Waals surface area (Å²) in [7, 11) is 2.06. The van der Waals surface area contributed by atoms with E-state index in [1.54, 1.807) is 24.3 Å². The van der Waals surface area contributed by atoms with Crippen LogP contribution in [0.3, 0.4) is 0 Å². The first kappa shape index (κ1) is 21.8. The highest BCUT2D eigenvalue weighted by molar-refractivity contribution is 6.45. The monoisotopic (exact) mass is 432 g/mol. The van der Waals surface area contributed by atoms with Crippen LogP contribution in [0.1, 0.15) is 23.6 Å². The third kappa shape index (κ3) is 4.03. The van der Waals surface area contributed by atoms with Crippen molar-refractivity contribution >= 4 is 34.7 Å². The van der Waals surface area contributed by atoms with Crippen molar-refractivity contribution in [3.05, 3.63) is 64.9 Å². The van der Waals surface area contributed by atoms with Gasteiger partial charge in [0.2, 0.25) is 5.91 Å². The highest BCUT2D eigenvalue weighted by Crippen LogP contribution is 2.36. The molecule has 0 radical (unpaired) electrons. The molecular weight excluding hydrogens is 404 g/mol. The third-order valence-corrected chi connectivity index (χ3v) is 5.98. The van der Waals surface area contributed by atoms with Crippen molar-refractivity contribution < 1.29 is 14.4 Å². The molecule has 7 nitrogen and oxygen atoms in total. The predicted molar refractivity (Wildman–Crippen MR) is 125 cm³/mol. The number of hydrogen-bond donors (Lipinski definition) is 1. The Kier molecular flexibility index (Phi) is 5.84. The smallest absolute Gasteiger partial charge is 0.282 e. The third-order valence-electron chi connectivity index (χ3n) is 5.98. The van der Waals surface area contributed by atoms with Crippen molar-refractivity contribution in [2.45, 2.75) is 20.8 Å². The molecule has 2 aromatic carbocycles. The predicted octanol–water partition coefficient (Wildman–Crippen LogP) is 2.79. The van der Waals surface area contributed by atoms with Gasteiger partial charge in [0, 0.05) is 38.8 Å². The number of piperazine rings is 1. The molecule has 0 saturated carbocycles. The van der Waals surface area contributed by atoms with E-state index in [4.69, 9.17) is 0 Å². The lowest BCUT2D eigenvalue weighted by molar-refractivity contribution is -0.121. The molecule has 0 aliphatic carbocycles. The second-order valence-electron chi connectivity index (χ2n) is 8.51. The van der Waals surface area contributed by atoms with Gasteiger partial charge in [0.05, 0.1) is 11.3 Å². The largest absolute Gasteiger partial charge is 0.364 e. The van der Waals surface area contributed by atoms with E-state index in [0.717, 1.165) is 29.8 Å². The molecule has 2 aliphatic heterocycles. The fourth-order valence-electron chi connectivity index (χ4n) is 4.31. The molecule has 166 valence electrons. The standard InChI is InChI=1S/C25H28N4O3/c1-16-5-10-21(17(2)15-16)22-23(28-13-11-27(4)12-14-28)25(32)29(24(22)31)20-8-6-19(7-9-20)26-18(3)30/h5-10,15H,11-14H2,1-4H3,(H,26,30). The van der Waals surface area contributed by atoms with Gasteiger partial charge >= 0.3 is 0 Å². The Morgan fingerprint density at radius 3 is 2.16 bits per heavy atom. The van der Waals surface area contributed by atoms with E-state index in [1.807, 2.05) is 36.9 Å². The lowest BCUT2D eigenvalue weighted by Gasteiger charge is -2.34. The van der Waals surface area contributed by atoms with Crippen molar-refractivity contribution in [1.29, 1.82) is 0 Å². The topological polar surface area (TPSA) is 73.0 Å². The minimum Gasteiger partial charge on any atom is -0.364 e. The molecule has 1 fully saturated rings. The molecule has 32 heavy (non-hydrogen) atoms. The van der Waals surface area contributed by atoms with E-state index in [2.05, 4.69) is 17.3 Å². The fourth-order valence-corrected chi connectivity index (χ4v) is 4.31. The molecule has 0 atom stereocenters. The van der Waals surface area contributed by atoms with E-state index in [0.29, 0.717) is 35.7 Å². The van der Waals surface area contributed by atoms with Gasteiger partial charge in [-0.2, -0.15) is 0 Å². The number of hydrogen-bond acceptors (Lipinski definition) is 5. The lowest BCUT2D eigenvalue weighted by atomic mass is 9.97. The Labute approximate surface area is 188 Å². The van der Waals surface area contributed by atoms with Gasteiger partial charge in [-0.05, 0) is 56.3 Å².